The van der Waals surface area contributed by atoms with E-state index in [0.29, 0.717) is 10.0 Å². The number of amides is 1. The molecule has 0 fully saturated rings. The normalized spacial score (nSPS) is 10.5. The van der Waals surface area contributed by atoms with Crippen LogP contribution in [0.2, 0.25) is 10.0 Å². The van der Waals surface area contributed by atoms with Gasteiger partial charge in [0.1, 0.15) is 0 Å². The number of hydrogen-bond acceptors (Lipinski definition) is 2. The first-order valence-corrected chi connectivity index (χ1v) is 8.54. The van der Waals surface area contributed by atoms with Crippen LogP contribution < -0.4 is 5.32 Å². The summed E-state index contributed by atoms with van der Waals surface area (Å²) in [6, 6.07) is 16.9. The maximum atomic E-state index is 12.2. The molecule has 0 atom stereocenters. The number of carbonyl (C=O) groups is 1. The molecule has 3 aromatic rings. The lowest BCUT2D eigenvalue weighted by Crippen LogP contribution is -2.14. The average Bonchev–Trinajstić information content (AvgIpc) is 2.59. The topological polar surface area (TPSA) is 42.0 Å². The van der Waals surface area contributed by atoms with Gasteiger partial charge in [-0.3, -0.25) is 9.78 Å². The van der Waals surface area contributed by atoms with Gasteiger partial charge in [-0.05, 0) is 60.0 Å². The average molecular weight is 371 g/mol. The highest BCUT2D eigenvalue weighted by Crippen LogP contribution is 2.24. The number of hydrogen-bond donors (Lipinski definition) is 1. The van der Waals surface area contributed by atoms with Crippen LogP contribution in [0, 0.1) is 6.92 Å². The minimum Gasteiger partial charge on any atom is -0.326 e. The smallest absolute Gasteiger partial charge is 0.228 e. The number of carbonyl (C=O) groups excluding carboxylic acids is 1. The lowest BCUT2D eigenvalue weighted by atomic mass is 10.1. The van der Waals surface area contributed by atoms with Crippen LogP contribution >= 0.6 is 23.2 Å². The second kappa shape index (κ2) is 7.68. The second-order valence-electron chi connectivity index (χ2n) is 5.74. The Labute approximate surface area is 156 Å². The molecule has 0 unspecified atom stereocenters. The van der Waals surface area contributed by atoms with E-state index in [0.717, 1.165) is 28.1 Å². The molecule has 0 saturated carbocycles. The van der Waals surface area contributed by atoms with Gasteiger partial charge >= 0.3 is 0 Å². The van der Waals surface area contributed by atoms with Crippen LogP contribution in [-0.4, -0.2) is 10.9 Å². The van der Waals surface area contributed by atoms with Crippen LogP contribution in [0.4, 0.5) is 5.69 Å². The van der Waals surface area contributed by atoms with E-state index in [1.165, 1.54) is 0 Å². The molecule has 1 aromatic heterocycles. The van der Waals surface area contributed by atoms with Gasteiger partial charge < -0.3 is 5.32 Å². The van der Waals surface area contributed by atoms with Gasteiger partial charge in [0.25, 0.3) is 0 Å². The Morgan fingerprint density at radius 3 is 2.40 bits per heavy atom. The molecule has 1 N–H and O–H groups in total. The van der Waals surface area contributed by atoms with Crippen molar-refractivity contribution in [1.82, 2.24) is 4.98 Å². The van der Waals surface area contributed by atoms with E-state index in [9.17, 15) is 4.79 Å². The van der Waals surface area contributed by atoms with E-state index in [4.69, 9.17) is 23.2 Å². The van der Waals surface area contributed by atoms with Crippen LogP contribution in [-0.2, 0) is 11.2 Å². The Kier molecular flexibility index (Phi) is 5.37. The zero-order chi connectivity index (χ0) is 17.8. The fraction of sp³-hybridized carbons (Fsp3) is 0.100. The predicted molar refractivity (Wildman–Crippen MR) is 103 cm³/mol. The third-order valence-corrected chi connectivity index (χ3v) is 4.49. The maximum Gasteiger partial charge on any atom is 0.228 e. The highest BCUT2D eigenvalue weighted by molar-refractivity contribution is 6.42. The molecule has 0 aliphatic carbocycles. The van der Waals surface area contributed by atoms with Crippen molar-refractivity contribution in [3.05, 3.63) is 82.1 Å². The molecule has 2 aromatic carbocycles. The maximum absolute atomic E-state index is 12.2. The molecule has 1 amide bonds. The minimum absolute atomic E-state index is 0.106. The Morgan fingerprint density at radius 1 is 0.960 bits per heavy atom. The van der Waals surface area contributed by atoms with Crippen LogP contribution in [0.25, 0.3) is 11.1 Å². The van der Waals surface area contributed by atoms with Gasteiger partial charge in [0.15, 0.2) is 0 Å². The summed E-state index contributed by atoms with van der Waals surface area (Å²) in [4.78, 5) is 16.4. The zero-order valence-electron chi connectivity index (χ0n) is 13.6. The van der Waals surface area contributed by atoms with Crippen molar-refractivity contribution in [3.63, 3.8) is 0 Å². The Bertz CT molecular complexity index is 908. The van der Waals surface area contributed by atoms with Crippen LogP contribution in [0.3, 0.4) is 0 Å². The number of pyridine rings is 1. The van der Waals surface area contributed by atoms with Crippen molar-refractivity contribution in [2.45, 2.75) is 13.3 Å². The van der Waals surface area contributed by atoms with Gasteiger partial charge in [-0.25, -0.2) is 0 Å². The summed E-state index contributed by atoms with van der Waals surface area (Å²) in [5.74, 6) is -0.106. The molecular formula is C20H16Cl2N2O. The van der Waals surface area contributed by atoms with Crippen molar-refractivity contribution < 1.29 is 4.79 Å². The third-order valence-electron chi connectivity index (χ3n) is 3.75. The Hall–Kier alpha value is -2.36. The SMILES string of the molecule is Cc1cc(-c2ccc(NC(=O)Cc3ccc(Cl)c(Cl)c3)cc2)ccn1. The first kappa shape index (κ1) is 17.5. The molecule has 0 spiro atoms. The molecule has 1 heterocycles. The summed E-state index contributed by atoms with van der Waals surface area (Å²) in [7, 11) is 0. The summed E-state index contributed by atoms with van der Waals surface area (Å²) in [5, 5.41) is 3.81. The first-order valence-electron chi connectivity index (χ1n) is 7.78. The van der Waals surface area contributed by atoms with Crippen LogP contribution in [0.15, 0.2) is 60.8 Å². The van der Waals surface area contributed by atoms with Crippen molar-refractivity contribution in [3.8, 4) is 11.1 Å². The summed E-state index contributed by atoms with van der Waals surface area (Å²) in [6.07, 6.45) is 2.03. The quantitative estimate of drug-likeness (QED) is 0.654. The van der Waals surface area contributed by atoms with Gasteiger partial charge in [-0.1, -0.05) is 41.4 Å². The van der Waals surface area contributed by atoms with E-state index in [1.807, 2.05) is 43.3 Å². The molecule has 0 aliphatic heterocycles. The van der Waals surface area contributed by atoms with Gasteiger partial charge in [0.2, 0.25) is 5.91 Å². The molecule has 25 heavy (non-hydrogen) atoms. The third kappa shape index (κ3) is 4.59. The van der Waals surface area contributed by atoms with E-state index >= 15 is 0 Å². The van der Waals surface area contributed by atoms with Crippen LogP contribution in [0.5, 0.6) is 0 Å². The first-order chi connectivity index (χ1) is 12.0. The number of rotatable bonds is 4. The lowest BCUT2D eigenvalue weighted by Gasteiger charge is -2.08. The zero-order valence-corrected chi connectivity index (χ0v) is 15.1. The van der Waals surface area contributed by atoms with Crippen molar-refractivity contribution >= 4 is 34.8 Å². The second-order valence-corrected chi connectivity index (χ2v) is 6.55. The minimum atomic E-state index is -0.106. The standard InChI is InChI=1S/C20H16Cl2N2O/c1-13-10-16(8-9-23-13)15-3-5-17(6-4-15)24-20(25)12-14-2-7-18(21)19(22)11-14/h2-11H,12H2,1H3,(H,24,25). The van der Waals surface area contributed by atoms with Gasteiger partial charge in [-0.15, -0.1) is 0 Å². The van der Waals surface area contributed by atoms with E-state index < -0.39 is 0 Å². The summed E-state index contributed by atoms with van der Waals surface area (Å²) in [6.45, 7) is 1.96. The molecule has 3 nitrogen and oxygen atoms in total. The molecular weight excluding hydrogens is 355 g/mol. The molecule has 5 heteroatoms. The van der Waals surface area contributed by atoms with Crippen molar-refractivity contribution in [1.29, 1.82) is 0 Å². The van der Waals surface area contributed by atoms with E-state index in [2.05, 4.69) is 10.3 Å². The Balaban J connectivity index is 1.66. The molecule has 126 valence electrons. The number of anilines is 1. The van der Waals surface area contributed by atoms with Crippen molar-refractivity contribution in [2.24, 2.45) is 0 Å². The number of halogens is 2. The number of benzene rings is 2. The predicted octanol–water partition coefficient (Wildman–Crippen LogP) is 5.55. The van der Waals surface area contributed by atoms with Gasteiger partial charge in [0.05, 0.1) is 16.5 Å². The number of nitrogens with one attached hydrogen (secondary N) is 1. The summed E-state index contributed by atoms with van der Waals surface area (Å²) < 4.78 is 0. The summed E-state index contributed by atoms with van der Waals surface area (Å²) >= 11 is 11.9. The fourth-order valence-corrected chi connectivity index (χ4v) is 2.83. The van der Waals surface area contributed by atoms with Crippen molar-refractivity contribution in [2.75, 3.05) is 5.32 Å². The summed E-state index contributed by atoms with van der Waals surface area (Å²) in [5.41, 5.74) is 4.71. The molecule has 3 rings (SSSR count). The van der Waals surface area contributed by atoms with Gasteiger partial charge in [0, 0.05) is 17.6 Å². The lowest BCUT2D eigenvalue weighted by molar-refractivity contribution is -0.115. The van der Waals surface area contributed by atoms with Gasteiger partial charge in [-0.2, -0.15) is 0 Å². The Morgan fingerprint density at radius 2 is 1.72 bits per heavy atom. The number of aromatic nitrogens is 1. The monoisotopic (exact) mass is 370 g/mol. The molecule has 0 saturated heterocycles. The largest absolute Gasteiger partial charge is 0.326 e. The van der Waals surface area contributed by atoms with E-state index in [-0.39, 0.29) is 12.3 Å². The number of aryl methyl sites for hydroxylation is 1. The fourth-order valence-electron chi connectivity index (χ4n) is 2.51. The number of nitrogens with zero attached hydrogens (tertiary/aromatic N) is 1. The molecule has 0 aliphatic rings. The highest BCUT2D eigenvalue weighted by atomic mass is 35.5. The van der Waals surface area contributed by atoms with E-state index in [1.54, 1.807) is 24.4 Å². The highest BCUT2D eigenvalue weighted by Gasteiger charge is 2.07. The molecule has 0 radical (unpaired) electrons. The van der Waals surface area contributed by atoms with Crippen LogP contribution in [0.1, 0.15) is 11.3 Å². The molecule has 0 bridgehead atoms.